The molecule has 0 aromatic heterocycles. The summed E-state index contributed by atoms with van der Waals surface area (Å²) >= 11 is 5.85. The van der Waals surface area contributed by atoms with E-state index in [4.69, 9.17) is 11.6 Å². The molecule has 5 heteroatoms. The highest BCUT2D eigenvalue weighted by Crippen LogP contribution is 2.16. The summed E-state index contributed by atoms with van der Waals surface area (Å²) in [5.74, 6) is 0.668. The monoisotopic (exact) mass is 265 g/mol. The van der Waals surface area contributed by atoms with E-state index in [1.807, 2.05) is 32.9 Å². The molecule has 0 unspecified atom stereocenters. The van der Waals surface area contributed by atoms with Gasteiger partial charge in [-0.15, -0.1) is 0 Å². The van der Waals surface area contributed by atoms with Crippen LogP contribution in [0.4, 0.5) is 0 Å². The van der Waals surface area contributed by atoms with Crippen LogP contribution in [0.3, 0.4) is 0 Å². The lowest BCUT2D eigenvalue weighted by Crippen LogP contribution is -2.59. The highest BCUT2D eigenvalue weighted by molar-refractivity contribution is 6.30. The van der Waals surface area contributed by atoms with Crippen LogP contribution in [0.5, 0.6) is 0 Å². The number of rotatable bonds is 1. The van der Waals surface area contributed by atoms with Crippen molar-refractivity contribution in [3.8, 4) is 0 Å². The number of nitrogens with zero attached hydrogens (tertiary/aromatic N) is 2. The van der Waals surface area contributed by atoms with Gasteiger partial charge in [0.1, 0.15) is 12.4 Å². The van der Waals surface area contributed by atoms with Crippen molar-refractivity contribution in [3.63, 3.8) is 0 Å². The molecule has 0 bridgehead atoms. The van der Waals surface area contributed by atoms with E-state index in [-0.39, 0.29) is 18.0 Å². The largest absolute Gasteiger partial charge is 0.279 e. The molecule has 1 heterocycles. The van der Waals surface area contributed by atoms with Gasteiger partial charge in [0.2, 0.25) is 0 Å². The van der Waals surface area contributed by atoms with Crippen LogP contribution in [-0.4, -0.2) is 28.8 Å². The first kappa shape index (κ1) is 12.9. The number of aliphatic imine (C=N–C) groups is 1. The molecule has 0 saturated carbocycles. The number of benzene rings is 1. The van der Waals surface area contributed by atoms with Crippen molar-refractivity contribution in [2.24, 2.45) is 4.99 Å². The van der Waals surface area contributed by atoms with Crippen LogP contribution in [0.1, 0.15) is 26.3 Å². The third kappa shape index (κ3) is 2.64. The maximum absolute atomic E-state index is 11.8. The van der Waals surface area contributed by atoms with Crippen molar-refractivity contribution in [2.75, 3.05) is 6.54 Å². The molecule has 4 nitrogen and oxygen atoms in total. The molecule has 96 valence electrons. The molecule has 0 aliphatic carbocycles. The predicted octanol–water partition coefficient (Wildman–Crippen LogP) is 2.23. The average Bonchev–Trinajstić information content (AvgIpc) is 2.29. The highest BCUT2D eigenvalue weighted by atomic mass is 35.5. The minimum atomic E-state index is -0.287. The van der Waals surface area contributed by atoms with Gasteiger partial charge in [-0.2, -0.15) is 0 Å². The van der Waals surface area contributed by atoms with E-state index in [9.17, 15) is 4.79 Å². The summed E-state index contributed by atoms with van der Waals surface area (Å²) in [4.78, 5) is 16.1. The second-order valence-corrected chi connectivity index (χ2v) is 5.62. The zero-order chi connectivity index (χ0) is 13.3. The van der Waals surface area contributed by atoms with E-state index in [0.717, 1.165) is 5.56 Å². The fourth-order valence-corrected chi connectivity index (χ4v) is 1.85. The highest BCUT2D eigenvalue weighted by Gasteiger charge is 2.30. The van der Waals surface area contributed by atoms with E-state index in [1.165, 1.54) is 0 Å². The Bertz CT molecular complexity index is 488. The van der Waals surface area contributed by atoms with Gasteiger partial charge in [0.05, 0.1) is 5.54 Å². The van der Waals surface area contributed by atoms with Gasteiger partial charge in [-0.25, -0.2) is 5.01 Å². The summed E-state index contributed by atoms with van der Waals surface area (Å²) in [5, 5.41) is 2.29. The third-order valence-electron chi connectivity index (χ3n) is 2.63. The third-order valence-corrected chi connectivity index (χ3v) is 2.88. The molecule has 1 aliphatic heterocycles. The van der Waals surface area contributed by atoms with Gasteiger partial charge in [0, 0.05) is 10.6 Å². The number of hydrogen-bond acceptors (Lipinski definition) is 3. The molecule has 0 atom stereocenters. The van der Waals surface area contributed by atoms with Gasteiger partial charge >= 0.3 is 0 Å². The SMILES string of the molecule is CC(C)(C)N1NC(c2ccc(Cl)cc2)=NCC1=O. The summed E-state index contributed by atoms with van der Waals surface area (Å²) in [5.41, 5.74) is 3.70. The summed E-state index contributed by atoms with van der Waals surface area (Å²) in [6.45, 7) is 6.09. The quantitative estimate of drug-likeness (QED) is 0.846. The fraction of sp³-hybridized carbons (Fsp3) is 0.385. The van der Waals surface area contributed by atoms with Crippen LogP contribution in [0.15, 0.2) is 29.3 Å². The van der Waals surface area contributed by atoms with Crippen molar-refractivity contribution >= 4 is 23.3 Å². The lowest BCUT2D eigenvalue weighted by molar-refractivity contribution is -0.137. The normalized spacial score (nSPS) is 16.3. The fourth-order valence-electron chi connectivity index (χ4n) is 1.73. The number of hydrogen-bond donors (Lipinski definition) is 1. The van der Waals surface area contributed by atoms with E-state index in [2.05, 4.69) is 10.4 Å². The van der Waals surface area contributed by atoms with Crippen molar-refractivity contribution in [1.29, 1.82) is 0 Å². The maximum atomic E-state index is 11.8. The van der Waals surface area contributed by atoms with Crippen molar-refractivity contribution in [2.45, 2.75) is 26.3 Å². The van der Waals surface area contributed by atoms with Gasteiger partial charge in [0.15, 0.2) is 0 Å². The Morgan fingerprint density at radius 1 is 1.28 bits per heavy atom. The van der Waals surface area contributed by atoms with Crippen molar-refractivity contribution in [1.82, 2.24) is 10.4 Å². The molecule has 0 fully saturated rings. The molecule has 1 aromatic carbocycles. The number of amidine groups is 1. The topological polar surface area (TPSA) is 44.7 Å². The van der Waals surface area contributed by atoms with Gasteiger partial charge in [0.25, 0.3) is 5.91 Å². The molecule has 1 aromatic rings. The molecule has 1 amide bonds. The van der Waals surface area contributed by atoms with Gasteiger partial charge in [-0.3, -0.25) is 15.2 Å². The molecular weight excluding hydrogens is 250 g/mol. The van der Waals surface area contributed by atoms with Crippen LogP contribution in [0, 0.1) is 0 Å². The summed E-state index contributed by atoms with van der Waals surface area (Å²) in [6.07, 6.45) is 0. The van der Waals surface area contributed by atoms with Crippen molar-refractivity contribution < 1.29 is 4.79 Å². The summed E-state index contributed by atoms with van der Waals surface area (Å²) in [6, 6.07) is 7.37. The van der Waals surface area contributed by atoms with Crippen LogP contribution in [0.25, 0.3) is 0 Å². The molecule has 0 saturated heterocycles. The molecule has 18 heavy (non-hydrogen) atoms. The molecular formula is C13H16ClN3O. The van der Waals surface area contributed by atoms with E-state index < -0.39 is 0 Å². The summed E-state index contributed by atoms with van der Waals surface area (Å²) < 4.78 is 0. The molecule has 1 aliphatic rings. The van der Waals surface area contributed by atoms with E-state index in [0.29, 0.717) is 10.9 Å². The van der Waals surface area contributed by atoms with Crippen LogP contribution in [-0.2, 0) is 4.79 Å². The zero-order valence-corrected chi connectivity index (χ0v) is 11.5. The minimum Gasteiger partial charge on any atom is -0.279 e. The van der Waals surface area contributed by atoms with E-state index >= 15 is 0 Å². The first-order valence-electron chi connectivity index (χ1n) is 5.78. The number of halogens is 1. The Hall–Kier alpha value is -1.55. The van der Waals surface area contributed by atoms with Crippen LogP contribution < -0.4 is 5.43 Å². The van der Waals surface area contributed by atoms with E-state index in [1.54, 1.807) is 17.1 Å². The number of hydrazine groups is 1. The molecule has 0 radical (unpaired) electrons. The number of amides is 1. The molecule has 0 spiro atoms. The Labute approximate surface area is 112 Å². The van der Waals surface area contributed by atoms with Crippen molar-refractivity contribution in [3.05, 3.63) is 34.9 Å². The van der Waals surface area contributed by atoms with Gasteiger partial charge in [-0.1, -0.05) is 11.6 Å². The second kappa shape index (κ2) is 4.61. The Kier molecular flexibility index (Phi) is 3.30. The predicted molar refractivity (Wildman–Crippen MR) is 72.6 cm³/mol. The number of nitrogens with one attached hydrogen (secondary N) is 1. The first-order valence-corrected chi connectivity index (χ1v) is 6.16. The minimum absolute atomic E-state index is 0.0276. The van der Waals surface area contributed by atoms with Crippen LogP contribution in [0.2, 0.25) is 5.02 Å². The first-order chi connectivity index (χ1) is 8.38. The van der Waals surface area contributed by atoms with Gasteiger partial charge < -0.3 is 0 Å². The average molecular weight is 266 g/mol. The molecule has 1 N–H and O–H groups in total. The Balaban J connectivity index is 2.26. The summed E-state index contributed by atoms with van der Waals surface area (Å²) in [7, 11) is 0. The molecule has 2 rings (SSSR count). The maximum Gasteiger partial charge on any atom is 0.263 e. The zero-order valence-electron chi connectivity index (χ0n) is 10.7. The Morgan fingerprint density at radius 3 is 2.44 bits per heavy atom. The standard InChI is InChI=1S/C13H16ClN3O/c1-13(2,3)17-11(18)8-15-12(16-17)9-4-6-10(14)7-5-9/h4-7H,8H2,1-3H3,(H,15,16). The number of carbonyl (C=O) groups excluding carboxylic acids is 1. The number of carbonyl (C=O) groups is 1. The smallest absolute Gasteiger partial charge is 0.263 e. The second-order valence-electron chi connectivity index (χ2n) is 5.18. The lowest BCUT2D eigenvalue weighted by Gasteiger charge is -2.38. The van der Waals surface area contributed by atoms with Gasteiger partial charge in [-0.05, 0) is 45.0 Å². The van der Waals surface area contributed by atoms with Crippen LogP contribution >= 0.6 is 11.6 Å². The Morgan fingerprint density at radius 2 is 1.89 bits per heavy atom. The lowest BCUT2D eigenvalue weighted by atomic mass is 10.1.